The van der Waals surface area contributed by atoms with Crippen LogP contribution in [0.5, 0.6) is 5.75 Å². The maximum atomic E-state index is 13.2. The van der Waals surface area contributed by atoms with Crippen molar-refractivity contribution in [2.45, 2.75) is 33.7 Å². The maximum Gasteiger partial charge on any atom is 0.257 e. The fourth-order valence-corrected chi connectivity index (χ4v) is 3.43. The fraction of sp³-hybridized carbons (Fsp3) is 0.318. The number of rotatable bonds is 6. The number of hydrogen-bond acceptors (Lipinski definition) is 4. The molecule has 152 valence electrons. The highest BCUT2D eigenvalue weighted by molar-refractivity contribution is 5.95. The Balaban J connectivity index is 1.88. The van der Waals surface area contributed by atoms with Gasteiger partial charge in [0.15, 0.2) is 0 Å². The number of pyridine rings is 1. The Hall–Kier alpha value is -3.22. The standard InChI is InChI=1S/C22H25FN4O2/c1-6-20-18(12-25-27(20)17-9-7-16(23)8-10-17)22(28)26(4)13-19-15(3)21(29-5)14(2)11-24-19/h7-12H,6,13H2,1-5H3. The highest BCUT2D eigenvalue weighted by Crippen LogP contribution is 2.25. The van der Waals surface area contributed by atoms with Crippen molar-refractivity contribution < 1.29 is 13.9 Å². The third kappa shape index (κ3) is 3.99. The van der Waals surface area contributed by atoms with Crippen molar-refractivity contribution in [3.05, 3.63) is 70.6 Å². The molecular weight excluding hydrogens is 371 g/mol. The first-order valence-electron chi connectivity index (χ1n) is 9.44. The van der Waals surface area contributed by atoms with Gasteiger partial charge < -0.3 is 9.64 Å². The van der Waals surface area contributed by atoms with Crippen LogP contribution in [0, 0.1) is 19.7 Å². The highest BCUT2D eigenvalue weighted by Gasteiger charge is 2.22. The van der Waals surface area contributed by atoms with E-state index in [1.807, 2.05) is 20.8 Å². The lowest BCUT2D eigenvalue weighted by molar-refractivity contribution is 0.0782. The van der Waals surface area contributed by atoms with E-state index in [0.717, 1.165) is 28.3 Å². The highest BCUT2D eigenvalue weighted by atomic mass is 19.1. The summed E-state index contributed by atoms with van der Waals surface area (Å²) in [6.45, 7) is 6.20. The minimum absolute atomic E-state index is 0.143. The molecule has 0 aliphatic heterocycles. The van der Waals surface area contributed by atoms with Gasteiger partial charge in [0.05, 0.1) is 42.5 Å². The number of methoxy groups -OCH3 is 1. The number of benzene rings is 1. The number of nitrogens with zero attached hydrogens (tertiary/aromatic N) is 4. The summed E-state index contributed by atoms with van der Waals surface area (Å²) in [4.78, 5) is 19.2. The summed E-state index contributed by atoms with van der Waals surface area (Å²) in [6.07, 6.45) is 3.93. The van der Waals surface area contributed by atoms with Gasteiger partial charge in [0.2, 0.25) is 0 Å². The SMILES string of the molecule is CCc1c(C(=O)N(C)Cc2ncc(C)c(OC)c2C)cnn1-c1ccc(F)cc1. The summed E-state index contributed by atoms with van der Waals surface area (Å²) in [5.74, 6) is 0.330. The second-order valence-electron chi connectivity index (χ2n) is 6.95. The average Bonchev–Trinajstić information content (AvgIpc) is 3.14. The van der Waals surface area contributed by atoms with Gasteiger partial charge in [-0.3, -0.25) is 9.78 Å². The largest absolute Gasteiger partial charge is 0.496 e. The van der Waals surface area contributed by atoms with Gasteiger partial charge in [-0.05, 0) is 44.5 Å². The maximum absolute atomic E-state index is 13.2. The van der Waals surface area contributed by atoms with Crippen molar-refractivity contribution in [2.24, 2.45) is 0 Å². The number of aryl methyl sites for hydroxylation is 1. The number of ether oxygens (including phenoxy) is 1. The van der Waals surface area contributed by atoms with E-state index >= 15 is 0 Å². The molecule has 0 N–H and O–H groups in total. The lowest BCUT2D eigenvalue weighted by Crippen LogP contribution is -2.28. The molecule has 1 amide bonds. The molecule has 0 spiro atoms. The van der Waals surface area contributed by atoms with Crippen molar-refractivity contribution >= 4 is 5.91 Å². The molecule has 0 radical (unpaired) electrons. The Labute approximate surface area is 169 Å². The minimum atomic E-state index is -0.314. The fourth-order valence-electron chi connectivity index (χ4n) is 3.43. The normalized spacial score (nSPS) is 10.8. The molecule has 1 aromatic carbocycles. The van der Waals surface area contributed by atoms with Crippen molar-refractivity contribution in [1.82, 2.24) is 19.7 Å². The van der Waals surface area contributed by atoms with Gasteiger partial charge >= 0.3 is 0 Å². The van der Waals surface area contributed by atoms with Crippen LogP contribution in [0.25, 0.3) is 5.69 Å². The number of hydrogen-bond donors (Lipinski definition) is 0. The second kappa shape index (κ2) is 8.43. The zero-order valence-corrected chi connectivity index (χ0v) is 17.4. The van der Waals surface area contributed by atoms with Crippen LogP contribution >= 0.6 is 0 Å². The number of carbonyl (C=O) groups is 1. The van der Waals surface area contributed by atoms with Crippen LogP contribution in [0.2, 0.25) is 0 Å². The quantitative estimate of drug-likeness (QED) is 0.635. The van der Waals surface area contributed by atoms with Crippen LogP contribution in [0.3, 0.4) is 0 Å². The lowest BCUT2D eigenvalue weighted by atomic mass is 10.1. The van der Waals surface area contributed by atoms with Crippen molar-refractivity contribution in [3.8, 4) is 11.4 Å². The molecule has 0 aliphatic carbocycles. The molecule has 7 heteroatoms. The molecule has 6 nitrogen and oxygen atoms in total. The summed E-state index contributed by atoms with van der Waals surface area (Å²) in [7, 11) is 3.37. The van der Waals surface area contributed by atoms with E-state index in [4.69, 9.17) is 4.74 Å². The molecule has 2 aromatic heterocycles. The minimum Gasteiger partial charge on any atom is -0.496 e. The first kappa shape index (κ1) is 20.5. The van der Waals surface area contributed by atoms with Crippen LogP contribution in [0.4, 0.5) is 4.39 Å². The number of amides is 1. The topological polar surface area (TPSA) is 60.3 Å². The number of aromatic nitrogens is 3. The Kier molecular flexibility index (Phi) is 5.96. The second-order valence-corrected chi connectivity index (χ2v) is 6.95. The smallest absolute Gasteiger partial charge is 0.257 e. The summed E-state index contributed by atoms with van der Waals surface area (Å²) in [5.41, 5.74) is 4.68. The van der Waals surface area contributed by atoms with Crippen LogP contribution < -0.4 is 4.74 Å². The van der Waals surface area contributed by atoms with Gasteiger partial charge in [-0.1, -0.05) is 6.92 Å². The Bertz CT molecular complexity index is 1030. The molecule has 0 atom stereocenters. The summed E-state index contributed by atoms with van der Waals surface area (Å²) < 4.78 is 20.4. The van der Waals surface area contributed by atoms with Crippen LogP contribution in [0.1, 0.15) is 39.8 Å². The summed E-state index contributed by atoms with van der Waals surface area (Å²) in [5, 5.41) is 4.37. The van der Waals surface area contributed by atoms with Crippen molar-refractivity contribution in [2.75, 3.05) is 14.2 Å². The zero-order chi connectivity index (χ0) is 21.1. The van der Waals surface area contributed by atoms with E-state index in [1.54, 1.807) is 48.3 Å². The Morgan fingerprint density at radius 3 is 2.52 bits per heavy atom. The van der Waals surface area contributed by atoms with Crippen molar-refractivity contribution in [1.29, 1.82) is 0 Å². The van der Waals surface area contributed by atoms with Crippen LogP contribution in [-0.2, 0) is 13.0 Å². The molecule has 3 rings (SSSR count). The predicted molar refractivity (Wildman–Crippen MR) is 109 cm³/mol. The zero-order valence-electron chi connectivity index (χ0n) is 17.4. The molecule has 0 saturated heterocycles. The first-order chi connectivity index (χ1) is 13.9. The first-order valence-corrected chi connectivity index (χ1v) is 9.44. The van der Waals surface area contributed by atoms with E-state index in [0.29, 0.717) is 24.2 Å². The Morgan fingerprint density at radius 1 is 1.21 bits per heavy atom. The molecule has 0 saturated carbocycles. The molecular formula is C22H25FN4O2. The summed E-state index contributed by atoms with van der Waals surface area (Å²) in [6, 6.07) is 6.04. The van der Waals surface area contributed by atoms with Crippen LogP contribution in [0.15, 0.2) is 36.7 Å². The monoisotopic (exact) mass is 396 g/mol. The van der Waals surface area contributed by atoms with E-state index in [1.165, 1.54) is 12.1 Å². The molecule has 0 unspecified atom stereocenters. The molecule has 2 heterocycles. The summed E-state index contributed by atoms with van der Waals surface area (Å²) >= 11 is 0. The number of carbonyl (C=O) groups excluding carboxylic acids is 1. The number of halogens is 1. The van der Waals surface area contributed by atoms with E-state index in [-0.39, 0.29) is 11.7 Å². The van der Waals surface area contributed by atoms with Gasteiger partial charge in [0.1, 0.15) is 11.6 Å². The van der Waals surface area contributed by atoms with E-state index < -0.39 is 0 Å². The molecule has 0 aliphatic rings. The van der Waals surface area contributed by atoms with E-state index in [9.17, 15) is 9.18 Å². The molecule has 0 bridgehead atoms. The average molecular weight is 396 g/mol. The third-order valence-electron chi connectivity index (χ3n) is 4.99. The van der Waals surface area contributed by atoms with Gasteiger partial charge in [-0.2, -0.15) is 5.10 Å². The van der Waals surface area contributed by atoms with Gasteiger partial charge in [-0.25, -0.2) is 9.07 Å². The van der Waals surface area contributed by atoms with Crippen molar-refractivity contribution in [3.63, 3.8) is 0 Å². The predicted octanol–water partition coefficient (Wildman–Crippen LogP) is 3.87. The molecule has 29 heavy (non-hydrogen) atoms. The molecule has 3 aromatic rings. The van der Waals surface area contributed by atoms with Gasteiger partial charge in [0, 0.05) is 24.4 Å². The lowest BCUT2D eigenvalue weighted by Gasteiger charge is -2.19. The third-order valence-corrected chi connectivity index (χ3v) is 4.99. The van der Waals surface area contributed by atoms with Gasteiger partial charge in [0.25, 0.3) is 5.91 Å². The molecule has 0 fully saturated rings. The van der Waals surface area contributed by atoms with Crippen LogP contribution in [-0.4, -0.2) is 39.7 Å². The van der Waals surface area contributed by atoms with E-state index in [2.05, 4.69) is 10.1 Å². The Morgan fingerprint density at radius 2 is 1.90 bits per heavy atom. The van der Waals surface area contributed by atoms with Gasteiger partial charge in [-0.15, -0.1) is 0 Å².